The molecule has 0 amide bonds. The summed E-state index contributed by atoms with van der Waals surface area (Å²) in [7, 11) is 0. The van der Waals surface area contributed by atoms with Crippen LogP contribution in [-0.2, 0) is 9.59 Å². The van der Waals surface area contributed by atoms with Gasteiger partial charge in [-0.2, -0.15) is 0 Å². The first-order valence-corrected chi connectivity index (χ1v) is 6.60. The minimum Gasteiger partial charge on any atom is -0.481 e. The molecule has 0 aromatic heterocycles. The first-order valence-electron chi connectivity index (χ1n) is 6.60. The van der Waals surface area contributed by atoms with Crippen molar-refractivity contribution in [2.24, 2.45) is 23.7 Å². The molecule has 5 atom stereocenters. The predicted octanol–water partition coefficient (Wildman–Crippen LogP) is 2.21. The largest absolute Gasteiger partial charge is 0.481 e. The summed E-state index contributed by atoms with van der Waals surface area (Å²) in [5.74, 6) is -3.18. The number of hydrogen-bond donors (Lipinski definition) is 2. The minimum atomic E-state index is -0.958. The van der Waals surface area contributed by atoms with E-state index in [4.69, 9.17) is 0 Å². The molecule has 3 rings (SSSR count). The average molecular weight is 260 g/mol. The smallest absolute Gasteiger partial charge is 0.307 e. The molecule has 1 aromatic rings. The van der Waals surface area contributed by atoms with Gasteiger partial charge in [-0.1, -0.05) is 30.3 Å². The molecule has 0 unspecified atom stereocenters. The van der Waals surface area contributed by atoms with Crippen LogP contribution < -0.4 is 0 Å². The SMILES string of the molecule is O=C(O)[C@H]1[C@H]2C[C@@H]([C@@H]1C(=O)O)[C@H](c1ccccc1)C2. The third-order valence-corrected chi connectivity index (χ3v) is 4.80. The summed E-state index contributed by atoms with van der Waals surface area (Å²) in [6.45, 7) is 0. The molecular formula is C15H16O4. The van der Waals surface area contributed by atoms with E-state index in [1.54, 1.807) is 0 Å². The van der Waals surface area contributed by atoms with Gasteiger partial charge in [0.25, 0.3) is 0 Å². The van der Waals surface area contributed by atoms with E-state index >= 15 is 0 Å². The van der Waals surface area contributed by atoms with Gasteiger partial charge in [-0.25, -0.2) is 0 Å². The fraction of sp³-hybridized carbons (Fsp3) is 0.467. The highest BCUT2D eigenvalue weighted by atomic mass is 16.4. The lowest BCUT2D eigenvalue weighted by molar-refractivity contribution is -0.156. The van der Waals surface area contributed by atoms with Crippen LogP contribution in [0.15, 0.2) is 30.3 Å². The number of carboxylic acids is 2. The fourth-order valence-electron chi connectivity index (χ4n) is 4.14. The molecule has 0 aliphatic heterocycles. The Bertz CT molecular complexity index is 510. The Morgan fingerprint density at radius 2 is 1.58 bits per heavy atom. The first-order chi connectivity index (χ1) is 9.09. The number of hydrogen-bond acceptors (Lipinski definition) is 2. The van der Waals surface area contributed by atoms with Gasteiger partial charge in [-0.15, -0.1) is 0 Å². The maximum absolute atomic E-state index is 11.4. The molecule has 2 saturated carbocycles. The van der Waals surface area contributed by atoms with Crippen LogP contribution in [0.25, 0.3) is 0 Å². The highest BCUT2D eigenvalue weighted by Crippen LogP contribution is 2.58. The van der Waals surface area contributed by atoms with E-state index in [9.17, 15) is 19.8 Å². The number of benzene rings is 1. The Hall–Kier alpha value is -1.84. The van der Waals surface area contributed by atoms with Crippen LogP contribution in [0, 0.1) is 23.7 Å². The second kappa shape index (κ2) is 4.37. The molecule has 0 saturated heterocycles. The topological polar surface area (TPSA) is 74.6 Å². The third kappa shape index (κ3) is 1.82. The van der Waals surface area contributed by atoms with Gasteiger partial charge in [0.15, 0.2) is 0 Å². The summed E-state index contributed by atoms with van der Waals surface area (Å²) in [4.78, 5) is 22.7. The summed E-state index contributed by atoms with van der Waals surface area (Å²) in [6.07, 6.45) is 1.53. The second-order valence-electron chi connectivity index (χ2n) is 5.64. The molecule has 0 spiro atoms. The molecule has 1 aromatic carbocycles. The molecule has 2 bridgehead atoms. The van der Waals surface area contributed by atoms with Gasteiger partial charge in [0.05, 0.1) is 11.8 Å². The van der Waals surface area contributed by atoms with Crippen molar-refractivity contribution in [1.82, 2.24) is 0 Å². The number of rotatable bonds is 3. The van der Waals surface area contributed by atoms with E-state index in [0.29, 0.717) is 0 Å². The number of carboxylic acid groups (broad SMARTS) is 2. The molecule has 0 radical (unpaired) electrons. The highest BCUT2D eigenvalue weighted by Gasteiger charge is 2.58. The lowest BCUT2D eigenvalue weighted by Crippen LogP contribution is -2.37. The molecular weight excluding hydrogens is 244 g/mol. The van der Waals surface area contributed by atoms with Crippen LogP contribution in [0.4, 0.5) is 0 Å². The summed E-state index contributed by atoms with van der Waals surface area (Å²) in [5, 5.41) is 18.6. The van der Waals surface area contributed by atoms with Crippen molar-refractivity contribution >= 4 is 11.9 Å². The maximum Gasteiger partial charge on any atom is 0.307 e. The third-order valence-electron chi connectivity index (χ3n) is 4.80. The van der Waals surface area contributed by atoms with Crippen molar-refractivity contribution in [3.8, 4) is 0 Å². The second-order valence-corrected chi connectivity index (χ2v) is 5.64. The molecule has 4 nitrogen and oxygen atoms in total. The van der Waals surface area contributed by atoms with Crippen LogP contribution in [0.3, 0.4) is 0 Å². The van der Waals surface area contributed by atoms with Crippen molar-refractivity contribution in [2.75, 3.05) is 0 Å². The Labute approximate surface area is 111 Å². The highest BCUT2D eigenvalue weighted by molar-refractivity contribution is 5.82. The van der Waals surface area contributed by atoms with Crippen LogP contribution in [0.5, 0.6) is 0 Å². The van der Waals surface area contributed by atoms with Gasteiger partial charge >= 0.3 is 11.9 Å². The van der Waals surface area contributed by atoms with Gasteiger partial charge < -0.3 is 10.2 Å². The van der Waals surface area contributed by atoms with Crippen LogP contribution in [0.2, 0.25) is 0 Å². The van der Waals surface area contributed by atoms with E-state index in [0.717, 1.165) is 18.4 Å². The minimum absolute atomic E-state index is 0.00815. The summed E-state index contributed by atoms with van der Waals surface area (Å²) in [5.41, 5.74) is 1.14. The average Bonchev–Trinajstić information content (AvgIpc) is 2.96. The van der Waals surface area contributed by atoms with Crippen molar-refractivity contribution in [3.05, 3.63) is 35.9 Å². The van der Waals surface area contributed by atoms with Crippen LogP contribution in [-0.4, -0.2) is 22.2 Å². The van der Waals surface area contributed by atoms with E-state index in [-0.39, 0.29) is 17.8 Å². The summed E-state index contributed by atoms with van der Waals surface area (Å²) >= 11 is 0. The Balaban J connectivity index is 1.92. The van der Waals surface area contributed by atoms with Crippen molar-refractivity contribution < 1.29 is 19.8 Å². The molecule has 2 fully saturated rings. The maximum atomic E-state index is 11.4. The zero-order chi connectivity index (χ0) is 13.6. The van der Waals surface area contributed by atoms with Crippen LogP contribution in [0.1, 0.15) is 24.3 Å². The zero-order valence-electron chi connectivity index (χ0n) is 10.4. The van der Waals surface area contributed by atoms with E-state index < -0.39 is 23.8 Å². The van der Waals surface area contributed by atoms with Crippen molar-refractivity contribution in [3.63, 3.8) is 0 Å². The van der Waals surface area contributed by atoms with E-state index in [1.165, 1.54) is 0 Å². The lowest BCUT2D eigenvalue weighted by atomic mass is 9.71. The fourth-order valence-corrected chi connectivity index (χ4v) is 4.14. The Morgan fingerprint density at radius 1 is 0.947 bits per heavy atom. The van der Waals surface area contributed by atoms with Gasteiger partial charge in [0, 0.05) is 0 Å². The molecule has 2 aliphatic carbocycles. The molecule has 100 valence electrons. The van der Waals surface area contributed by atoms with Crippen LogP contribution >= 0.6 is 0 Å². The first kappa shape index (κ1) is 12.2. The Kier molecular flexibility index (Phi) is 2.81. The van der Waals surface area contributed by atoms with Crippen molar-refractivity contribution in [1.29, 1.82) is 0 Å². The van der Waals surface area contributed by atoms with Gasteiger partial charge in [-0.3, -0.25) is 9.59 Å². The lowest BCUT2D eigenvalue weighted by Gasteiger charge is -2.31. The number of fused-ring (bicyclic) bond motifs is 2. The van der Waals surface area contributed by atoms with Gasteiger partial charge in [0.1, 0.15) is 0 Å². The van der Waals surface area contributed by atoms with E-state index in [1.807, 2.05) is 30.3 Å². The van der Waals surface area contributed by atoms with Crippen molar-refractivity contribution in [2.45, 2.75) is 18.8 Å². The normalized spacial score (nSPS) is 36.3. The number of carbonyl (C=O) groups is 2. The molecule has 4 heteroatoms. The molecule has 2 aliphatic rings. The Morgan fingerprint density at radius 3 is 2.16 bits per heavy atom. The predicted molar refractivity (Wildman–Crippen MR) is 67.6 cm³/mol. The van der Waals surface area contributed by atoms with Gasteiger partial charge in [0.2, 0.25) is 0 Å². The quantitative estimate of drug-likeness (QED) is 0.873. The monoisotopic (exact) mass is 260 g/mol. The van der Waals surface area contributed by atoms with E-state index in [2.05, 4.69) is 0 Å². The molecule has 0 heterocycles. The van der Waals surface area contributed by atoms with Gasteiger partial charge in [-0.05, 0) is 36.2 Å². The zero-order valence-corrected chi connectivity index (χ0v) is 10.4. The summed E-state index contributed by atoms with van der Waals surface area (Å²) in [6, 6.07) is 9.86. The number of aliphatic carboxylic acids is 2. The standard InChI is InChI=1S/C15H16O4/c16-14(17)12-9-6-10(8-4-2-1-3-5-8)11(7-9)13(12)15(18)19/h1-5,9-13H,6-7H2,(H,16,17)(H,18,19)/t9-,10+,11-,12+,13+/m1/s1. The molecule has 2 N–H and O–H groups in total. The molecule has 19 heavy (non-hydrogen) atoms. The summed E-state index contributed by atoms with van der Waals surface area (Å²) < 4.78 is 0.